The number of hydrogen-bond donors (Lipinski definition) is 1. The average molecular weight is 226 g/mol. The van der Waals surface area contributed by atoms with Crippen molar-refractivity contribution in [3.05, 3.63) is 0 Å². The molecule has 4 nitrogen and oxygen atoms in total. The second-order valence-corrected chi connectivity index (χ2v) is 4.93. The average Bonchev–Trinajstić information content (AvgIpc) is 2.68. The van der Waals surface area contributed by atoms with Gasteiger partial charge in [0.2, 0.25) is 5.91 Å². The van der Waals surface area contributed by atoms with Gasteiger partial charge in [-0.1, -0.05) is 26.7 Å². The maximum Gasteiger partial charge on any atom is 0.231 e. The lowest BCUT2D eigenvalue weighted by molar-refractivity contribution is -0.125. The molecule has 16 heavy (non-hydrogen) atoms. The lowest BCUT2D eigenvalue weighted by Gasteiger charge is -2.27. The topological polar surface area (TPSA) is 63.4 Å². The molecular formula is C12H22N2O2. The monoisotopic (exact) mass is 226 g/mol. The first-order valence-corrected chi connectivity index (χ1v) is 6.05. The van der Waals surface area contributed by atoms with E-state index >= 15 is 0 Å². The number of nitrogens with zero attached hydrogens (tertiary/aromatic N) is 1. The van der Waals surface area contributed by atoms with Crippen LogP contribution in [0.3, 0.4) is 0 Å². The number of rotatable bonds is 6. The standard InChI is InChI=1S/C12H22N2O2/c1-9(2)11(15)7-14(8-12(13)16)10-5-3-4-6-10/h9-10H,3-8H2,1-2H3,(H2,13,16). The molecule has 0 radical (unpaired) electrons. The summed E-state index contributed by atoms with van der Waals surface area (Å²) in [4.78, 5) is 24.6. The molecule has 92 valence electrons. The van der Waals surface area contributed by atoms with Crippen LogP contribution >= 0.6 is 0 Å². The first-order valence-electron chi connectivity index (χ1n) is 6.05. The van der Waals surface area contributed by atoms with Crippen molar-refractivity contribution in [1.82, 2.24) is 4.90 Å². The van der Waals surface area contributed by atoms with E-state index in [2.05, 4.69) is 0 Å². The summed E-state index contributed by atoms with van der Waals surface area (Å²) < 4.78 is 0. The fraction of sp³-hybridized carbons (Fsp3) is 0.833. The Morgan fingerprint density at radius 1 is 1.25 bits per heavy atom. The molecule has 0 saturated heterocycles. The van der Waals surface area contributed by atoms with Crippen molar-refractivity contribution < 1.29 is 9.59 Å². The van der Waals surface area contributed by atoms with E-state index in [1.807, 2.05) is 18.7 Å². The number of Topliss-reactive ketones (excluding diaryl/α,β-unsaturated/α-hetero) is 1. The van der Waals surface area contributed by atoms with E-state index in [-0.39, 0.29) is 24.2 Å². The van der Waals surface area contributed by atoms with E-state index in [1.54, 1.807) is 0 Å². The molecule has 1 saturated carbocycles. The summed E-state index contributed by atoms with van der Waals surface area (Å²) in [6, 6.07) is 0.371. The van der Waals surface area contributed by atoms with E-state index in [4.69, 9.17) is 5.73 Å². The van der Waals surface area contributed by atoms with Gasteiger partial charge in [-0.15, -0.1) is 0 Å². The zero-order valence-corrected chi connectivity index (χ0v) is 10.2. The largest absolute Gasteiger partial charge is 0.369 e. The third kappa shape index (κ3) is 3.93. The molecule has 2 N–H and O–H groups in total. The molecule has 0 heterocycles. The molecule has 4 heteroatoms. The molecule has 0 aromatic carbocycles. The van der Waals surface area contributed by atoms with Crippen LogP contribution in [-0.2, 0) is 9.59 Å². The van der Waals surface area contributed by atoms with Gasteiger partial charge in [0, 0.05) is 12.0 Å². The third-order valence-corrected chi connectivity index (χ3v) is 3.20. The van der Waals surface area contributed by atoms with E-state index in [0.29, 0.717) is 12.6 Å². The smallest absolute Gasteiger partial charge is 0.231 e. The number of hydrogen-bond acceptors (Lipinski definition) is 3. The number of ketones is 1. The zero-order chi connectivity index (χ0) is 12.1. The number of amides is 1. The molecule has 1 amide bonds. The summed E-state index contributed by atoms with van der Waals surface area (Å²) in [5, 5.41) is 0. The second-order valence-electron chi connectivity index (χ2n) is 4.93. The van der Waals surface area contributed by atoms with Crippen molar-refractivity contribution in [2.24, 2.45) is 11.7 Å². The number of nitrogens with two attached hydrogens (primary N) is 1. The van der Waals surface area contributed by atoms with Crippen LogP contribution in [0, 0.1) is 5.92 Å². The summed E-state index contributed by atoms with van der Waals surface area (Å²) in [5.41, 5.74) is 5.22. The summed E-state index contributed by atoms with van der Waals surface area (Å²) in [6.45, 7) is 4.35. The molecule has 0 aromatic heterocycles. The van der Waals surface area contributed by atoms with Gasteiger partial charge in [-0.2, -0.15) is 0 Å². The highest BCUT2D eigenvalue weighted by atomic mass is 16.1. The molecule has 0 aromatic rings. The maximum atomic E-state index is 11.7. The van der Waals surface area contributed by atoms with Crippen LogP contribution in [0.15, 0.2) is 0 Å². The molecule has 0 bridgehead atoms. The van der Waals surface area contributed by atoms with E-state index in [9.17, 15) is 9.59 Å². The molecule has 1 fully saturated rings. The minimum absolute atomic E-state index is 0.0248. The van der Waals surface area contributed by atoms with Gasteiger partial charge in [0.15, 0.2) is 0 Å². The lowest BCUT2D eigenvalue weighted by Crippen LogP contribution is -2.43. The van der Waals surface area contributed by atoms with Gasteiger partial charge < -0.3 is 5.73 Å². The summed E-state index contributed by atoms with van der Waals surface area (Å²) >= 11 is 0. The zero-order valence-electron chi connectivity index (χ0n) is 10.2. The lowest BCUT2D eigenvalue weighted by atomic mass is 10.1. The molecule has 0 atom stereocenters. The quantitative estimate of drug-likeness (QED) is 0.733. The van der Waals surface area contributed by atoms with Gasteiger partial charge in [-0.3, -0.25) is 14.5 Å². The summed E-state index contributed by atoms with van der Waals surface area (Å²) in [7, 11) is 0. The molecule has 0 spiro atoms. The Bertz CT molecular complexity index is 258. The van der Waals surface area contributed by atoms with Gasteiger partial charge in [-0.05, 0) is 12.8 Å². The van der Waals surface area contributed by atoms with E-state index in [0.717, 1.165) is 12.8 Å². The van der Waals surface area contributed by atoms with Gasteiger partial charge >= 0.3 is 0 Å². The van der Waals surface area contributed by atoms with Gasteiger partial charge in [0.05, 0.1) is 13.1 Å². The Hall–Kier alpha value is -0.900. The molecule has 1 rings (SSSR count). The van der Waals surface area contributed by atoms with E-state index < -0.39 is 0 Å². The Morgan fingerprint density at radius 3 is 2.25 bits per heavy atom. The minimum Gasteiger partial charge on any atom is -0.369 e. The van der Waals surface area contributed by atoms with Crippen LogP contribution in [0.1, 0.15) is 39.5 Å². The minimum atomic E-state index is -0.344. The van der Waals surface area contributed by atoms with Crippen LogP contribution < -0.4 is 5.73 Å². The number of carbonyl (C=O) groups excluding carboxylic acids is 2. The molecule has 0 unspecified atom stereocenters. The predicted molar refractivity (Wildman–Crippen MR) is 62.9 cm³/mol. The molecule has 0 aliphatic heterocycles. The summed E-state index contributed by atoms with van der Waals surface area (Å²) in [6.07, 6.45) is 4.54. The van der Waals surface area contributed by atoms with Crippen LogP contribution in [0.5, 0.6) is 0 Å². The first-order chi connectivity index (χ1) is 7.50. The summed E-state index contributed by atoms with van der Waals surface area (Å²) in [5.74, 6) is -0.131. The Labute approximate surface area is 97.2 Å². The molecular weight excluding hydrogens is 204 g/mol. The first kappa shape index (κ1) is 13.2. The van der Waals surface area contributed by atoms with Crippen LogP contribution in [-0.4, -0.2) is 35.7 Å². The molecule has 1 aliphatic rings. The predicted octanol–water partition coefficient (Wildman–Crippen LogP) is 0.941. The van der Waals surface area contributed by atoms with E-state index in [1.165, 1.54) is 12.8 Å². The van der Waals surface area contributed by atoms with Crippen LogP contribution in [0.2, 0.25) is 0 Å². The molecule has 1 aliphatic carbocycles. The van der Waals surface area contributed by atoms with Crippen molar-refractivity contribution in [3.8, 4) is 0 Å². The van der Waals surface area contributed by atoms with Crippen molar-refractivity contribution in [2.75, 3.05) is 13.1 Å². The third-order valence-electron chi connectivity index (χ3n) is 3.20. The van der Waals surface area contributed by atoms with Crippen molar-refractivity contribution in [3.63, 3.8) is 0 Å². The van der Waals surface area contributed by atoms with Crippen LogP contribution in [0.25, 0.3) is 0 Å². The van der Waals surface area contributed by atoms with Gasteiger partial charge in [-0.25, -0.2) is 0 Å². The SMILES string of the molecule is CC(C)C(=O)CN(CC(N)=O)C1CCCC1. The fourth-order valence-corrected chi connectivity index (χ4v) is 2.17. The Kier molecular flexibility index (Phi) is 4.93. The highest BCUT2D eigenvalue weighted by Crippen LogP contribution is 2.23. The maximum absolute atomic E-state index is 11.7. The Balaban J connectivity index is 2.55. The van der Waals surface area contributed by atoms with Crippen molar-refractivity contribution in [2.45, 2.75) is 45.6 Å². The number of carbonyl (C=O) groups is 2. The second kappa shape index (κ2) is 5.99. The van der Waals surface area contributed by atoms with Crippen molar-refractivity contribution in [1.29, 1.82) is 0 Å². The highest BCUT2D eigenvalue weighted by Gasteiger charge is 2.25. The van der Waals surface area contributed by atoms with Gasteiger partial charge in [0.1, 0.15) is 5.78 Å². The van der Waals surface area contributed by atoms with Gasteiger partial charge in [0.25, 0.3) is 0 Å². The number of primary amides is 1. The fourth-order valence-electron chi connectivity index (χ4n) is 2.17. The van der Waals surface area contributed by atoms with Crippen molar-refractivity contribution >= 4 is 11.7 Å². The van der Waals surface area contributed by atoms with Crippen LogP contribution in [0.4, 0.5) is 0 Å². The normalized spacial score (nSPS) is 17.2. The highest BCUT2D eigenvalue weighted by molar-refractivity contribution is 5.83. The Morgan fingerprint density at radius 2 is 1.81 bits per heavy atom.